The van der Waals surface area contributed by atoms with Crippen LogP contribution in [0, 0.1) is 0 Å². The Balaban J connectivity index is 0.000000718. The second-order valence-corrected chi connectivity index (χ2v) is 7.00. The van der Waals surface area contributed by atoms with Crippen LogP contribution in [0.5, 0.6) is 5.75 Å². The van der Waals surface area contributed by atoms with E-state index in [1.807, 2.05) is 0 Å². The number of carboxylic acid groups (broad SMARTS) is 1. The van der Waals surface area contributed by atoms with Crippen LogP contribution in [-0.4, -0.2) is 80.0 Å². The molecule has 10 nitrogen and oxygen atoms in total. The number of Topliss-reactive ketones (excluding diaryl/α,β-unsaturated/α-hetero) is 1. The predicted octanol–water partition coefficient (Wildman–Crippen LogP) is 1.33. The highest BCUT2D eigenvalue weighted by Crippen LogP contribution is 2.14. The van der Waals surface area contributed by atoms with Gasteiger partial charge in [-0.05, 0) is 51.1 Å². The van der Waals surface area contributed by atoms with Crippen LogP contribution in [0.2, 0.25) is 0 Å². The van der Waals surface area contributed by atoms with Crippen molar-refractivity contribution in [2.24, 2.45) is 0 Å². The molecule has 13 heteroatoms. The Kier molecular flexibility index (Phi) is 12.0. The number of rotatable bonds is 10. The highest BCUT2D eigenvalue weighted by atomic mass is 19.4. The van der Waals surface area contributed by atoms with Gasteiger partial charge in [0, 0.05) is 12.1 Å². The molecule has 1 fully saturated rings. The third-order valence-corrected chi connectivity index (χ3v) is 4.28. The van der Waals surface area contributed by atoms with Gasteiger partial charge in [0.2, 0.25) is 5.91 Å². The van der Waals surface area contributed by atoms with E-state index in [1.165, 1.54) is 0 Å². The van der Waals surface area contributed by atoms with Gasteiger partial charge >= 0.3 is 18.1 Å². The Hall–Kier alpha value is -3.19. The fourth-order valence-corrected chi connectivity index (χ4v) is 2.62. The maximum Gasteiger partial charge on any atom is 0.490 e. The molecule has 3 N–H and O–H groups in total. The average Bonchev–Trinajstić information content (AvgIpc) is 3.30. The molecule has 34 heavy (non-hydrogen) atoms. The van der Waals surface area contributed by atoms with Crippen LogP contribution in [0.1, 0.15) is 30.6 Å². The first-order valence-corrected chi connectivity index (χ1v) is 10.3. The second-order valence-electron chi connectivity index (χ2n) is 7.00. The average molecular weight is 492 g/mol. The van der Waals surface area contributed by atoms with Gasteiger partial charge in [-0.1, -0.05) is 0 Å². The number of carbonyl (C=O) groups is 4. The molecule has 1 amide bonds. The lowest BCUT2D eigenvalue weighted by atomic mass is 10.1. The Morgan fingerprint density at radius 2 is 1.79 bits per heavy atom. The summed E-state index contributed by atoms with van der Waals surface area (Å²) in [7, 11) is 0. The number of carboxylic acids is 1. The van der Waals surface area contributed by atoms with Gasteiger partial charge in [0.15, 0.2) is 12.4 Å². The molecule has 2 rings (SSSR count). The first kappa shape index (κ1) is 28.8. The van der Waals surface area contributed by atoms with Crippen molar-refractivity contribution in [2.45, 2.75) is 38.6 Å². The zero-order chi connectivity index (χ0) is 25.7. The van der Waals surface area contributed by atoms with Gasteiger partial charge in [0.1, 0.15) is 12.4 Å². The Labute approximate surface area is 193 Å². The number of benzene rings is 1. The SMILES string of the molecule is CCOC(=O)COc1ccc(C(=O)[C@H](C)NC(=O)CO[C@@H]2CCNC2)cc1.O=C(O)C(F)(F)F. The number of ether oxygens (including phenoxy) is 3. The predicted molar refractivity (Wildman–Crippen MR) is 111 cm³/mol. The molecule has 1 saturated heterocycles. The molecule has 1 aromatic carbocycles. The molecule has 190 valence electrons. The third-order valence-electron chi connectivity index (χ3n) is 4.28. The molecular formula is C21H27F3N2O8. The number of hydrogen-bond acceptors (Lipinski definition) is 8. The normalized spacial score (nSPS) is 16.0. The van der Waals surface area contributed by atoms with E-state index < -0.39 is 24.2 Å². The van der Waals surface area contributed by atoms with Crippen molar-refractivity contribution in [3.63, 3.8) is 0 Å². The molecule has 0 saturated carbocycles. The summed E-state index contributed by atoms with van der Waals surface area (Å²) in [5, 5.41) is 12.9. The number of carbonyl (C=O) groups excluding carboxylic acids is 3. The molecule has 0 aromatic heterocycles. The summed E-state index contributed by atoms with van der Waals surface area (Å²) >= 11 is 0. The molecule has 2 atom stereocenters. The Morgan fingerprint density at radius 3 is 2.29 bits per heavy atom. The molecule has 0 unspecified atom stereocenters. The number of halogens is 3. The number of esters is 1. The molecule has 0 radical (unpaired) electrons. The number of nitrogens with one attached hydrogen (secondary N) is 2. The molecule has 1 aliphatic rings. The lowest BCUT2D eigenvalue weighted by Gasteiger charge is -2.15. The molecule has 1 aromatic rings. The summed E-state index contributed by atoms with van der Waals surface area (Å²) in [5.74, 6) is -3.30. The van der Waals surface area contributed by atoms with Crippen LogP contribution in [0.25, 0.3) is 0 Å². The van der Waals surface area contributed by atoms with Crippen LogP contribution < -0.4 is 15.4 Å². The van der Waals surface area contributed by atoms with E-state index >= 15 is 0 Å². The van der Waals surface area contributed by atoms with Crippen LogP contribution in [-0.2, 0) is 23.9 Å². The first-order valence-electron chi connectivity index (χ1n) is 10.3. The van der Waals surface area contributed by atoms with Crippen LogP contribution in [0.3, 0.4) is 0 Å². The lowest BCUT2D eigenvalue weighted by Crippen LogP contribution is -2.41. The third kappa shape index (κ3) is 11.1. The largest absolute Gasteiger partial charge is 0.490 e. The molecule has 0 aliphatic carbocycles. The monoisotopic (exact) mass is 492 g/mol. The smallest absolute Gasteiger partial charge is 0.482 e. The minimum atomic E-state index is -5.08. The fourth-order valence-electron chi connectivity index (χ4n) is 2.62. The van der Waals surface area contributed by atoms with Crippen molar-refractivity contribution in [2.75, 3.05) is 32.9 Å². The summed E-state index contributed by atoms with van der Waals surface area (Å²) in [6.45, 7) is 5.02. The molecular weight excluding hydrogens is 465 g/mol. The van der Waals surface area contributed by atoms with E-state index in [4.69, 9.17) is 24.1 Å². The topological polar surface area (TPSA) is 140 Å². The molecule has 0 spiro atoms. The Bertz CT molecular complexity index is 824. The molecule has 1 aliphatic heterocycles. The van der Waals surface area contributed by atoms with Crippen LogP contribution in [0.4, 0.5) is 13.2 Å². The van der Waals surface area contributed by atoms with Crippen molar-refractivity contribution in [3.05, 3.63) is 29.8 Å². The van der Waals surface area contributed by atoms with E-state index in [0.29, 0.717) is 17.9 Å². The molecule has 0 bridgehead atoms. The highest BCUT2D eigenvalue weighted by molar-refractivity contribution is 6.01. The summed E-state index contributed by atoms with van der Waals surface area (Å²) in [6.07, 6.45) is -4.16. The zero-order valence-electron chi connectivity index (χ0n) is 18.6. The van der Waals surface area contributed by atoms with Crippen molar-refractivity contribution in [1.82, 2.24) is 10.6 Å². The number of aliphatic carboxylic acids is 1. The summed E-state index contributed by atoms with van der Waals surface area (Å²) < 4.78 is 47.3. The van der Waals surface area contributed by atoms with Gasteiger partial charge in [-0.2, -0.15) is 13.2 Å². The van der Waals surface area contributed by atoms with Gasteiger partial charge in [0.25, 0.3) is 0 Å². The lowest BCUT2D eigenvalue weighted by molar-refractivity contribution is -0.192. The zero-order valence-corrected chi connectivity index (χ0v) is 18.6. The summed E-state index contributed by atoms with van der Waals surface area (Å²) in [4.78, 5) is 44.5. The number of ketones is 1. The number of hydrogen-bond donors (Lipinski definition) is 3. The van der Waals surface area contributed by atoms with Crippen molar-refractivity contribution < 1.29 is 51.7 Å². The van der Waals surface area contributed by atoms with E-state index in [-0.39, 0.29) is 31.0 Å². The van der Waals surface area contributed by atoms with E-state index in [0.717, 1.165) is 19.5 Å². The quantitative estimate of drug-likeness (QED) is 0.326. The second kappa shape index (κ2) is 14.2. The van der Waals surface area contributed by atoms with Crippen molar-refractivity contribution >= 4 is 23.6 Å². The minimum Gasteiger partial charge on any atom is -0.482 e. The Morgan fingerprint density at radius 1 is 1.18 bits per heavy atom. The van der Waals surface area contributed by atoms with Crippen LogP contribution in [0.15, 0.2) is 24.3 Å². The first-order chi connectivity index (χ1) is 15.9. The summed E-state index contributed by atoms with van der Waals surface area (Å²) in [6, 6.07) is 5.70. The van der Waals surface area contributed by atoms with Gasteiger partial charge in [0.05, 0.1) is 18.8 Å². The molecule has 1 heterocycles. The van der Waals surface area contributed by atoms with Gasteiger partial charge < -0.3 is 30.0 Å². The van der Waals surface area contributed by atoms with E-state index in [9.17, 15) is 27.6 Å². The van der Waals surface area contributed by atoms with Crippen LogP contribution >= 0.6 is 0 Å². The number of amides is 1. The maximum atomic E-state index is 12.4. The standard InChI is InChI=1S/C19H26N2O6.C2HF3O2/c1-3-25-18(23)12-27-15-6-4-14(5-7-15)19(24)13(2)21-17(22)11-26-16-8-9-20-10-16;3-2(4,5)1(6)7/h4-7,13,16,20H,3,8-12H2,1-2H3,(H,21,22);(H,6,7)/t13-,16+;/m0./s1. The fraction of sp³-hybridized carbons (Fsp3) is 0.524. The van der Waals surface area contributed by atoms with Gasteiger partial charge in [-0.25, -0.2) is 9.59 Å². The van der Waals surface area contributed by atoms with Gasteiger partial charge in [-0.15, -0.1) is 0 Å². The van der Waals surface area contributed by atoms with Crippen molar-refractivity contribution in [1.29, 1.82) is 0 Å². The van der Waals surface area contributed by atoms with E-state index in [2.05, 4.69) is 10.6 Å². The number of alkyl halides is 3. The highest BCUT2D eigenvalue weighted by Gasteiger charge is 2.38. The van der Waals surface area contributed by atoms with Crippen molar-refractivity contribution in [3.8, 4) is 5.75 Å². The maximum absolute atomic E-state index is 12.4. The summed E-state index contributed by atoms with van der Waals surface area (Å²) in [5.41, 5.74) is 0.437. The van der Waals surface area contributed by atoms with E-state index in [1.54, 1.807) is 38.1 Å². The minimum absolute atomic E-state index is 0.0453. The van der Waals surface area contributed by atoms with Gasteiger partial charge in [-0.3, -0.25) is 9.59 Å².